The van der Waals surface area contributed by atoms with Crippen molar-refractivity contribution in [2.24, 2.45) is 5.92 Å². The van der Waals surface area contributed by atoms with Gasteiger partial charge in [0, 0.05) is 0 Å². The van der Waals surface area contributed by atoms with Crippen LogP contribution in [-0.4, -0.2) is 25.5 Å². The molecule has 90 valence electrons. The van der Waals surface area contributed by atoms with E-state index in [4.69, 9.17) is 0 Å². The Morgan fingerprint density at radius 3 is 2.19 bits per heavy atom. The van der Waals surface area contributed by atoms with Crippen molar-refractivity contribution in [2.45, 2.75) is 38.8 Å². The third-order valence-electron chi connectivity index (χ3n) is 3.74. The van der Waals surface area contributed by atoms with E-state index >= 15 is 0 Å². The molecule has 0 aromatic heterocycles. The van der Waals surface area contributed by atoms with E-state index in [1.165, 1.54) is 17.7 Å². The molecule has 16 heavy (non-hydrogen) atoms. The van der Waals surface area contributed by atoms with Gasteiger partial charge in [0.15, 0.2) is 0 Å². The zero-order valence-corrected chi connectivity index (χ0v) is 13.2. The molecule has 0 heterocycles. The van der Waals surface area contributed by atoms with Gasteiger partial charge < -0.3 is 0 Å². The summed E-state index contributed by atoms with van der Waals surface area (Å²) in [6, 6.07) is 0. The molecule has 0 amide bonds. The Kier molecular flexibility index (Phi) is 5.50. The van der Waals surface area contributed by atoms with Crippen molar-refractivity contribution in [3.63, 3.8) is 0 Å². The molecule has 1 rings (SSSR count). The standard InChI is InChI=1S/C9H13.C5H12N.Ti/c1-6-5-7(2)9(4)8(6)3;1-4-5-6(2)3;/h6H,1-4H3;1,4-5H2,2-3H3;. The van der Waals surface area contributed by atoms with Crippen LogP contribution in [0.5, 0.6) is 0 Å². The second-order valence-electron chi connectivity index (χ2n) is 5.15. The molecule has 0 radical (unpaired) electrons. The van der Waals surface area contributed by atoms with E-state index in [2.05, 4.69) is 46.7 Å². The van der Waals surface area contributed by atoms with Crippen molar-refractivity contribution < 1.29 is 19.2 Å². The summed E-state index contributed by atoms with van der Waals surface area (Å²) in [6.45, 7) is 10.6. The van der Waals surface area contributed by atoms with Gasteiger partial charge in [-0.3, -0.25) is 0 Å². The Hall–Kier alpha value is 0.154. The molecule has 1 nitrogen and oxygen atoms in total. The molecule has 0 fully saturated rings. The molecule has 0 saturated carbocycles. The van der Waals surface area contributed by atoms with Crippen LogP contribution >= 0.6 is 0 Å². The van der Waals surface area contributed by atoms with Gasteiger partial charge in [0.1, 0.15) is 0 Å². The van der Waals surface area contributed by atoms with Crippen LogP contribution in [0.15, 0.2) is 20.6 Å². The molecule has 0 spiro atoms. The van der Waals surface area contributed by atoms with Crippen molar-refractivity contribution in [1.29, 1.82) is 0 Å². The number of rotatable bonds is 5. The Balaban J connectivity index is 2.45. The zero-order chi connectivity index (χ0) is 12.3. The topological polar surface area (TPSA) is 3.24 Å². The fourth-order valence-corrected chi connectivity index (χ4v) is 4.73. The van der Waals surface area contributed by atoms with E-state index in [0.29, 0.717) is 0 Å². The first-order valence-electron chi connectivity index (χ1n) is 6.22. The van der Waals surface area contributed by atoms with Crippen LogP contribution in [0.4, 0.5) is 0 Å². The van der Waals surface area contributed by atoms with Gasteiger partial charge in [-0.25, -0.2) is 0 Å². The van der Waals surface area contributed by atoms with Crippen molar-refractivity contribution >= 4 is 0 Å². The summed E-state index contributed by atoms with van der Waals surface area (Å²) >= 11 is 0.127. The van der Waals surface area contributed by atoms with Gasteiger partial charge in [-0.2, -0.15) is 0 Å². The van der Waals surface area contributed by atoms with Gasteiger partial charge in [0.2, 0.25) is 0 Å². The number of hydrogen-bond donors (Lipinski definition) is 0. The van der Waals surface area contributed by atoms with Crippen LogP contribution in [0.25, 0.3) is 0 Å². The van der Waals surface area contributed by atoms with E-state index in [1.807, 2.05) is 3.88 Å². The molecule has 0 aliphatic heterocycles. The minimum absolute atomic E-state index is 0.127. The number of nitrogens with zero attached hydrogens (tertiary/aromatic N) is 1. The maximum atomic E-state index is 2.39. The second-order valence-corrected chi connectivity index (χ2v) is 7.33. The quantitative estimate of drug-likeness (QED) is 0.535. The van der Waals surface area contributed by atoms with E-state index in [1.54, 1.807) is 16.7 Å². The molecular formula is C14H25NTi. The molecule has 0 bridgehead atoms. The Bertz CT molecular complexity index is 313. The second kappa shape index (κ2) is 6.19. The van der Waals surface area contributed by atoms with Crippen molar-refractivity contribution in [1.82, 2.24) is 4.90 Å². The maximum absolute atomic E-state index is 2.39. The SMILES string of the molecule is CC1=C(C)C(C)[C]([Ti][CH2]CCN(C)C)=C1C. The van der Waals surface area contributed by atoms with Crippen LogP contribution in [0.1, 0.15) is 34.1 Å². The molecule has 0 saturated heterocycles. The summed E-state index contributed by atoms with van der Waals surface area (Å²) in [4.78, 5) is 2.29. The zero-order valence-electron chi connectivity index (χ0n) is 11.6. The Morgan fingerprint density at radius 2 is 1.75 bits per heavy atom. The van der Waals surface area contributed by atoms with E-state index in [0.717, 1.165) is 5.92 Å². The summed E-state index contributed by atoms with van der Waals surface area (Å²) in [5, 5.41) is 0. The molecule has 0 aromatic carbocycles. The molecule has 0 aromatic rings. The van der Waals surface area contributed by atoms with Gasteiger partial charge in [-0.05, 0) is 0 Å². The summed E-state index contributed by atoms with van der Waals surface area (Å²) in [5.74, 6) is 0.749. The molecule has 1 unspecified atom stereocenters. The Labute approximate surface area is 110 Å². The Morgan fingerprint density at radius 1 is 1.12 bits per heavy atom. The summed E-state index contributed by atoms with van der Waals surface area (Å²) < 4.78 is 3.27. The third kappa shape index (κ3) is 3.32. The monoisotopic (exact) mass is 255 g/mol. The first kappa shape index (κ1) is 14.2. The van der Waals surface area contributed by atoms with Crippen molar-refractivity contribution in [3.05, 3.63) is 20.6 Å². The van der Waals surface area contributed by atoms with Crippen molar-refractivity contribution in [3.8, 4) is 0 Å². The van der Waals surface area contributed by atoms with Gasteiger partial charge in [-0.15, -0.1) is 0 Å². The fourth-order valence-electron chi connectivity index (χ4n) is 2.27. The average Bonchev–Trinajstić information content (AvgIpc) is 2.40. The summed E-state index contributed by atoms with van der Waals surface area (Å²) in [5.41, 5.74) is 4.80. The number of hydrogen-bond acceptors (Lipinski definition) is 1. The van der Waals surface area contributed by atoms with Crippen molar-refractivity contribution in [2.75, 3.05) is 20.6 Å². The van der Waals surface area contributed by atoms with Crippen LogP contribution in [0, 0.1) is 5.92 Å². The fraction of sp³-hybridized carbons (Fsp3) is 0.714. The summed E-state index contributed by atoms with van der Waals surface area (Å²) in [6.07, 6.45) is 1.37. The van der Waals surface area contributed by atoms with Crippen LogP contribution in [0.2, 0.25) is 4.73 Å². The molecule has 0 N–H and O–H groups in total. The average molecular weight is 255 g/mol. The van der Waals surface area contributed by atoms with Crippen LogP contribution < -0.4 is 0 Å². The van der Waals surface area contributed by atoms with E-state index < -0.39 is 0 Å². The molecule has 1 atom stereocenters. The predicted octanol–water partition coefficient (Wildman–Crippen LogP) is 3.70. The molecule has 1 aliphatic carbocycles. The predicted molar refractivity (Wildman–Crippen MR) is 68.2 cm³/mol. The van der Waals surface area contributed by atoms with Gasteiger partial charge in [-0.1, -0.05) is 0 Å². The first-order chi connectivity index (χ1) is 7.45. The van der Waals surface area contributed by atoms with Gasteiger partial charge in [0.05, 0.1) is 0 Å². The molecular weight excluding hydrogens is 230 g/mol. The van der Waals surface area contributed by atoms with Crippen LogP contribution in [0.3, 0.4) is 0 Å². The normalized spacial score (nSPS) is 21.3. The third-order valence-corrected chi connectivity index (χ3v) is 6.54. The first-order valence-corrected chi connectivity index (χ1v) is 8.10. The van der Waals surface area contributed by atoms with Gasteiger partial charge >= 0.3 is 110 Å². The van der Waals surface area contributed by atoms with Crippen LogP contribution in [-0.2, 0) is 19.2 Å². The molecule has 1 aliphatic rings. The van der Waals surface area contributed by atoms with E-state index in [-0.39, 0.29) is 19.2 Å². The van der Waals surface area contributed by atoms with Gasteiger partial charge in [0.25, 0.3) is 0 Å². The minimum atomic E-state index is 0.127. The molecule has 2 heteroatoms. The number of allylic oxidation sites excluding steroid dienone is 4. The summed E-state index contributed by atoms with van der Waals surface area (Å²) in [7, 11) is 4.33. The van der Waals surface area contributed by atoms with E-state index in [9.17, 15) is 0 Å².